The van der Waals surface area contributed by atoms with Crippen LogP contribution in [0, 0.1) is 13.8 Å². The molecule has 1 aromatic heterocycles. The van der Waals surface area contributed by atoms with Gasteiger partial charge in [-0.3, -0.25) is 9.59 Å². The van der Waals surface area contributed by atoms with Crippen molar-refractivity contribution in [2.75, 3.05) is 13.2 Å². The van der Waals surface area contributed by atoms with E-state index >= 15 is 0 Å². The number of ether oxygens (including phenoxy) is 1. The molecule has 1 saturated carbocycles. The molecule has 7 nitrogen and oxygen atoms in total. The van der Waals surface area contributed by atoms with Crippen molar-refractivity contribution in [2.24, 2.45) is 0 Å². The first kappa shape index (κ1) is 17.1. The number of amides is 1. The van der Waals surface area contributed by atoms with Gasteiger partial charge < -0.3 is 20.4 Å². The summed E-state index contributed by atoms with van der Waals surface area (Å²) in [6.45, 7) is 5.12. The zero-order chi connectivity index (χ0) is 17.1. The summed E-state index contributed by atoms with van der Waals surface area (Å²) in [4.78, 5) is 31.2. The Kier molecular flexibility index (Phi) is 5.30. The topological polar surface area (TPSA) is 96.1 Å². The molecule has 1 amide bonds. The molecule has 24 heavy (non-hydrogen) atoms. The first-order valence-electron chi connectivity index (χ1n) is 8.72. The number of hydrogen-bond donors (Lipinski definition) is 3. The van der Waals surface area contributed by atoms with Crippen LogP contribution in [-0.2, 0) is 16.0 Å². The molecule has 0 aromatic carbocycles. The molecular formula is C17H26N4O3. The van der Waals surface area contributed by atoms with E-state index < -0.39 is 0 Å². The predicted molar refractivity (Wildman–Crippen MR) is 90.0 cm³/mol. The number of H-pyrrole nitrogens is 1. The summed E-state index contributed by atoms with van der Waals surface area (Å²) >= 11 is 0. The third kappa shape index (κ3) is 4.02. The van der Waals surface area contributed by atoms with E-state index in [1.54, 1.807) is 13.8 Å². The van der Waals surface area contributed by atoms with Crippen LogP contribution in [0.2, 0.25) is 0 Å². The summed E-state index contributed by atoms with van der Waals surface area (Å²) in [6.07, 6.45) is 4.19. The molecule has 2 atom stereocenters. The van der Waals surface area contributed by atoms with Crippen LogP contribution in [0.5, 0.6) is 0 Å². The molecule has 3 rings (SSSR count). The minimum Gasteiger partial charge on any atom is -0.381 e. The average Bonchev–Trinajstić information content (AvgIpc) is 2.54. The van der Waals surface area contributed by atoms with Gasteiger partial charge in [-0.2, -0.15) is 0 Å². The Morgan fingerprint density at radius 2 is 1.92 bits per heavy atom. The molecule has 7 heteroatoms. The highest BCUT2D eigenvalue weighted by molar-refractivity contribution is 5.79. The minimum atomic E-state index is -0.222. The SMILES string of the molecule is Cc1nc(C)c(CC(=O)N[C@H]2CC[C@H]2NC2CCOCC2)c(=O)[nH]1. The summed E-state index contributed by atoms with van der Waals surface area (Å²) in [5.74, 6) is 0.458. The molecule has 0 unspecified atom stereocenters. The third-order valence-corrected chi connectivity index (χ3v) is 4.97. The van der Waals surface area contributed by atoms with Crippen molar-refractivity contribution in [3.63, 3.8) is 0 Å². The average molecular weight is 334 g/mol. The molecule has 2 heterocycles. The van der Waals surface area contributed by atoms with Gasteiger partial charge in [0.2, 0.25) is 5.91 Å². The van der Waals surface area contributed by atoms with E-state index in [-0.39, 0.29) is 23.9 Å². The molecule has 1 saturated heterocycles. The van der Waals surface area contributed by atoms with Crippen LogP contribution in [0.25, 0.3) is 0 Å². The van der Waals surface area contributed by atoms with Gasteiger partial charge in [-0.1, -0.05) is 0 Å². The summed E-state index contributed by atoms with van der Waals surface area (Å²) in [5, 5.41) is 6.69. The van der Waals surface area contributed by atoms with Crippen molar-refractivity contribution in [2.45, 2.75) is 64.1 Å². The summed E-state index contributed by atoms with van der Waals surface area (Å²) in [7, 11) is 0. The van der Waals surface area contributed by atoms with Crippen LogP contribution in [0.15, 0.2) is 4.79 Å². The van der Waals surface area contributed by atoms with E-state index in [1.165, 1.54) is 0 Å². The van der Waals surface area contributed by atoms with E-state index in [0.29, 0.717) is 29.2 Å². The van der Waals surface area contributed by atoms with Gasteiger partial charge in [-0.05, 0) is 39.5 Å². The van der Waals surface area contributed by atoms with Crippen LogP contribution in [0.3, 0.4) is 0 Å². The Morgan fingerprint density at radius 1 is 1.21 bits per heavy atom. The first-order chi connectivity index (χ1) is 11.5. The van der Waals surface area contributed by atoms with Crippen molar-refractivity contribution in [3.05, 3.63) is 27.4 Å². The highest BCUT2D eigenvalue weighted by Crippen LogP contribution is 2.22. The molecule has 1 aromatic rings. The summed E-state index contributed by atoms with van der Waals surface area (Å²) < 4.78 is 5.37. The molecule has 1 aliphatic heterocycles. The van der Waals surface area contributed by atoms with Gasteiger partial charge in [0.05, 0.1) is 6.42 Å². The van der Waals surface area contributed by atoms with Crippen LogP contribution >= 0.6 is 0 Å². The smallest absolute Gasteiger partial charge is 0.254 e. The Hall–Kier alpha value is -1.73. The number of nitrogens with zero attached hydrogens (tertiary/aromatic N) is 1. The van der Waals surface area contributed by atoms with Crippen LogP contribution < -0.4 is 16.2 Å². The summed E-state index contributed by atoms with van der Waals surface area (Å²) in [5.41, 5.74) is 0.851. The van der Waals surface area contributed by atoms with Crippen molar-refractivity contribution >= 4 is 5.91 Å². The van der Waals surface area contributed by atoms with Crippen molar-refractivity contribution in [3.8, 4) is 0 Å². The Labute approximate surface area is 141 Å². The van der Waals surface area contributed by atoms with Crippen LogP contribution in [-0.4, -0.2) is 47.2 Å². The Bertz CT molecular complexity index is 652. The molecule has 132 valence electrons. The number of nitrogens with one attached hydrogen (secondary N) is 3. The second-order valence-corrected chi connectivity index (χ2v) is 6.80. The predicted octanol–water partition coefficient (Wildman–Crippen LogP) is 0.345. The van der Waals surface area contributed by atoms with E-state index in [4.69, 9.17) is 4.74 Å². The Morgan fingerprint density at radius 3 is 2.54 bits per heavy atom. The van der Waals surface area contributed by atoms with Gasteiger partial charge in [0, 0.05) is 42.6 Å². The van der Waals surface area contributed by atoms with Gasteiger partial charge in [0.1, 0.15) is 5.82 Å². The number of hydrogen-bond acceptors (Lipinski definition) is 5. The maximum atomic E-state index is 12.3. The lowest BCUT2D eigenvalue weighted by Crippen LogP contribution is -2.59. The monoisotopic (exact) mass is 334 g/mol. The third-order valence-electron chi connectivity index (χ3n) is 4.97. The van der Waals surface area contributed by atoms with Crippen molar-refractivity contribution in [1.82, 2.24) is 20.6 Å². The number of aromatic nitrogens is 2. The lowest BCUT2D eigenvalue weighted by atomic mass is 9.85. The molecule has 0 radical (unpaired) electrons. The second-order valence-electron chi connectivity index (χ2n) is 6.80. The number of aromatic amines is 1. The fraction of sp³-hybridized carbons (Fsp3) is 0.706. The van der Waals surface area contributed by atoms with Gasteiger partial charge in [0.25, 0.3) is 5.56 Å². The first-order valence-corrected chi connectivity index (χ1v) is 8.72. The highest BCUT2D eigenvalue weighted by atomic mass is 16.5. The zero-order valence-electron chi connectivity index (χ0n) is 14.4. The van der Waals surface area contributed by atoms with Crippen molar-refractivity contribution < 1.29 is 9.53 Å². The van der Waals surface area contributed by atoms with Crippen molar-refractivity contribution in [1.29, 1.82) is 0 Å². The zero-order valence-corrected chi connectivity index (χ0v) is 14.4. The minimum absolute atomic E-state index is 0.0783. The fourth-order valence-electron chi connectivity index (χ4n) is 3.42. The second kappa shape index (κ2) is 7.44. The van der Waals surface area contributed by atoms with Gasteiger partial charge in [-0.25, -0.2) is 4.98 Å². The van der Waals surface area contributed by atoms with E-state index in [1.807, 2.05) is 0 Å². The number of rotatable bonds is 5. The molecule has 1 aliphatic carbocycles. The van der Waals surface area contributed by atoms with Gasteiger partial charge in [0.15, 0.2) is 0 Å². The summed E-state index contributed by atoms with van der Waals surface area (Å²) in [6, 6.07) is 0.959. The lowest BCUT2D eigenvalue weighted by molar-refractivity contribution is -0.122. The Balaban J connectivity index is 1.52. The lowest BCUT2D eigenvalue weighted by Gasteiger charge is -2.41. The largest absolute Gasteiger partial charge is 0.381 e. The molecule has 2 fully saturated rings. The van der Waals surface area contributed by atoms with Gasteiger partial charge in [-0.15, -0.1) is 0 Å². The van der Waals surface area contributed by atoms with Crippen LogP contribution in [0.4, 0.5) is 0 Å². The quantitative estimate of drug-likeness (QED) is 0.722. The van der Waals surface area contributed by atoms with E-state index in [2.05, 4.69) is 20.6 Å². The molecule has 0 spiro atoms. The fourth-order valence-corrected chi connectivity index (χ4v) is 3.42. The van der Waals surface area contributed by atoms with Gasteiger partial charge >= 0.3 is 0 Å². The van der Waals surface area contributed by atoms with E-state index in [9.17, 15) is 9.59 Å². The number of aryl methyl sites for hydroxylation is 2. The molecular weight excluding hydrogens is 308 g/mol. The normalized spacial score (nSPS) is 24.4. The maximum absolute atomic E-state index is 12.3. The standard InChI is InChI=1S/C17H26N4O3/c1-10-13(17(23)19-11(2)18-10)9-16(22)21-15-4-3-14(15)20-12-5-7-24-8-6-12/h12,14-15,20H,3-9H2,1-2H3,(H,21,22)(H,18,19,23)/t14-,15+/m1/s1. The highest BCUT2D eigenvalue weighted by Gasteiger charge is 2.33. The molecule has 3 N–H and O–H groups in total. The van der Waals surface area contributed by atoms with Crippen LogP contribution in [0.1, 0.15) is 42.8 Å². The van der Waals surface area contributed by atoms with E-state index in [0.717, 1.165) is 38.9 Å². The molecule has 2 aliphatic rings. The number of carbonyl (C=O) groups excluding carboxylic acids is 1. The maximum Gasteiger partial charge on any atom is 0.254 e. The molecule has 0 bridgehead atoms. The number of carbonyl (C=O) groups is 1.